The van der Waals surface area contributed by atoms with Crippen molar-refractivity contribution in [2.75, 3.05) is 13.7 Å². The summed E-state index contributed by atoms with van der Waals surface area (Å²) in [6.07, 6.45) is 4.73. The first-order valence-corrected chi connectivity index (χ1v) is 7.97. The van der Waals surface area contributed by atoms with Crippen LogP contribution in [0.15, 0.2) is 0 Å². The summed E-state index contributed by atoms with van der Waals surface area (Å²) in [6, 6.07) is -0.0508. The molecule has 0 aromatic rings. The molecule has 1 heterocycles. The van der Waals surface area contributed by atoms with Gasteiger partial charge in [0.05, 0.1) is 5.60 Å². The molecule has 5 nitrogen and oxygen atoms in total. The third kappa shape index (κ3) is 3.39. The van der Waals surface area contributed by atoms with Crippen molar-refractivity contribution < 1.29 is 14.3 Å². The van der Waals surface area contributed by atoms with E-state index in [2.05, 4.69) is 5.32 Å². The van der Waals surface area contributed by atoms with Gasteiger partial charge in [0.2, 0.25) is 11.8 Å². The molecular weight excluding hydrogens is 268 g/mol. The van der Waals surface area contributed by atoms with Crippen LogP contribution in [-0.4, -0.2) is 47.6 Å². The van der Waals surface area contributed by atoms with E-state index in [9.17, 15) is 9.59 Å². The summed E-state index contributed by atoms with van der Waals surface area (Å²) in [6.45, 7) is 6.65. The van der Waals surface area contributed by atoms with Crippen LogP contribution >= 0.6 is 0 Å². The summed E-state index contributed by atoms with van der Waals surface area (Å²) in [5, 5.41) is 3.01. The van der Waals surface area contributed by atoms with E-state index in [1.54, 1.807) is 7.11 Å². The first-order chi connectivity index (χ1) is 9.80. The fourth-order valence-electron chi connectivity index (χ4n) is 3.36. The van der Waals surface area contributed by atoms with E-state index in [0.29, 0.717) is 13.0 Å². The van der Waals surface area contributed by atoms with Crippen molar-refractivity contribution in [1.82, 2.24) is 10.2 Å². The molecule has 21 heavy (non-hydrogen) atoms. The maximum atomic E-state index is 13.0. The number of nitrogens with zero attached hydrogens (tertiary/aromatic N) is 1. The number of rotatable bonds is 4. The van der Waals surface area contributed by atoms with Gasteiger partial charge in [-0.25, -0.2) is 0 Å². The molecular formula is C16H28N2O3. The van der Waals surface area contributed by atoms with Gasteiger partial charge in [0.1, 0.15) is 5.54 Å². The monoisotopic (exact) mass is 296 g/mol. The number of carbonyl (C=O) groups is 2. The Kier molecular flexibility index (Phi) is 4.61. The largest absolute Gasteiger partial charge is 0.379 e. The third-order valence-electron chi connectivity index (χ3n) is 5.03. The van der Waals surface area contributed by atoms with E-state index in [0.717, 1.165) is 32.1 Å². The Morgan fingerprint density at radius 3 is 2.52 bits per heavy atom. The third-order valence-corrected chi connectivity index (χ3v) is 5.03. The fourth-order valence-corrected chi connectivity index (χ4v) is 3.36. The molecule has 1 N–H and O–H groups in total. The molecule has 5 heteroatoms. The van der Waals surface area contributed by atoms with Crippen molar-refractivity contribution in [3.8, 4) is 0 Å². The van der Waals surface area contributed by atoms with Gasteiger partial charge in [-0.1, -0.05) is 12.8 Å². The standard InChI is InChI=1S/C16H28N2O3/c1-12-11-13(19)17-16(7-5-6-8-16)14(20)18(12)10-9-15(2,3)21-4/h12H,5-11H2,1-4H3,(H,17,19). The molecule has 1 aliphatic carbocycles. The van der Waals surface area contributed by atoms with Crippen molar-refractivity contribution in [1.29, 1.82) is 0 Å². The van der Waals surface area contributed by atoms with E-state index >= 15 is 0 Å². The molecule has 1 spiro atoms. The minimum Gasteiger partial charge on any atom is -0.379 e. The molecule has 0 aromatic heterocycles. The lowest BCUT2D eigenvalue weighted by atomic mass is 9.95. The lowest BCUT2D eigenvalue weighted by Crippen LogP contribution is -2.56. The van der Waals surface area contributed by atoms with Gasteiger partial charge in [-0.05, 0) is 40.0 Å². The maximum absolute atomic E-state index is 13.0. The zero-order valence-electron chi connectivity index (χ0n) is 13.7. The maximum Gasteiger partial charge on any atom is 0.248 e. The van der Waals surface area contributed by atoms with Gasteiger partial charge in [-0.3, -0.25) is 9.59 Å². The molecule has 120 valence electrons. The summed E-state index contributed by atoms with van der Waals surface area (Å²) in [4.78, 5) is 27.0. The van der Waals surface area contributed by atoms with Crippen LogP contribution in [0.25, 0.3) is 0 Å². The van der Waals surface area contributed by atoms with Crippen LogP contribution in [0.4, 0.5) is 0 Å². The normalized spacial score (nSPS) is 26.1. The second kappa shape index (κ2) is 5.95. The van der Waals surface area contributed by atoms with E-state index in [1.807, 2.05) is 25.7 Å². The first-order valence-electron chi connectivity index (χ1n) is 7.97. The highest BCUT2D eigenvalue weighted by atomic mass is 16.5. The highest BCUT2D eigenvalue weighted by Gasteiger charge is 2.48. The Labute approximate surface area is 127 Å². The zero-order valence-corrected chi connectivity index (χ0v) is 13.7. The Hall–Kier alpha value is -1.10. The van der Waals surface area contributed by atoms with Crippen LogP contribution in [0.3, 0.4) is 0 Å². The van der Waals surface area contributed by atoms with E-state index in [-0.39, 0.29) is 23.5 Å². The van der Waals surface area contributed by atoms with Crippen molar-refractivity contribution >= 4 is 11.8 Å². The lowest BCUT2D eigenvalue weighted by molar-refractivity contribution is -0.140. The van der Waals surface area contributed by atoms with Crippen molar-refractivity contribution in [3.05, 3.63) is 0 Å². The summed E-state index contributed by atoms with van der Waals surface area (Å²) < 4.78 is 5.45. The van der Waals surface area contributed by atoms with Crippen molar-refractivity contribution in [2.24, 2.45) is 0 Å². The smallest absolute Gasteiger partial charge is 0.248 e. The molecule has 0 radical (unpaired) electrons. The van der Waals surface area contributed by atoms with Crippen LogP contribution in [0.1, 0.15) is 59.3 Å². The van der Waals surface area contributed by atoms with Gasteiger partial charge in [-0.15, -0.1) is 0 Å². The van der Waals surface area contributed by atoms with Crippen LogP contribution in [-0.2, 0) is 14.3 Å². The Balaban J connectivity index is 2.17. The molecule has 1 atom stereocenters. The van der Waals surface area contributed by atoms with E-state index < -0.39 is 5.54 Å². The number of hydrogen-bond donors (Lipinski definition) is 1. The average Bonchev–Trinajstić information content (AvgIpc) is 2.84. The van der Waals surface area contributed by atoms with Crippen molar-refractivity contribution in [3.63, 3.8) is 0 Å². The molecule has 0 bridgehead atoms. The highest BCUT2D eigenvalue weighted by molar-refractivity contribution is 5.94. The molecule has 2 amide bonds. The van der Waals surface area contributed by atoms with Crippen LogP contribution < -0.4 is 5.32 Å². The predicted octanol–water partition coefficient (Wildman–Crippen LogP) is 1.85. The Bertz CT molecular complexity index is 414. The van der Waals surface area contributed by atoms with Crippen LogP contribution in [0, 0.1) is 0 Å². The summed E-state index contributed by atoms with van der Waals surface area (Å²) >= 11 is 0. The quantitative estimate of drug-likeness (QED) is 0.861. The lowest BCUT2D eigenvalue weighted by Gasteiger charge is -2.36. The van der Waals surface area contributed by atoms with Gasteiger partial charge in [-0.2, -0.15) is 0 Å². The molecule has 1 aliphatic heterocycles. The van der Waals surface area contributed by atoms with Gasteiger partial charge in [0.15, 0.2) is 0 Å². The van der Waals surface area contributed by atoms with E-state index in [4.69, 9.17) is 4.74 Å². The number of ether oxygens (including phenoxy) is 1. The average molecular weight is 296 g/mol. The molecule has 0 aromatic carbocycles. The topological polar surface area (TPSA) is 58.6 Å². The van der Waals surface area contributed by atoms with Gasteiger partial charge >= 0.3 is 0 Å². The fraction of sp³-hybridized carbons (Fsp3) is 0.875. The molecule has 1 saturated heterocycles. The number of nitrogens with one attached hydrogen (secondary N) is 1. The summed E-state index contributed by atoms with van der Waals surface area (Å²) in [5.41, 5.74) is -0.897. The first kappa shape index (κ1) is 16.3. The van der Waals surface area contributed by atoms with Crippen molar-refractivity contribution in [2.45, 2.75) is 76.5 Å². The number of carbonyl (C=O) groups excluding carboxylic acids is 2. The second-order valence-corrected chi connectivity index (χ2v) is 7.10. The SMILES string of the molecule is COC(C)(C)CCN1C(=O)C2(CCCC2)NC(=O)CC1C. The van der Waals surface area contributed by atoms with E-state index in [1.165, 1.54) is 0 Å². The number of amides is 2. The van der Waals surface area contributed by atoms with Gasteiger partial charge in [0, 0.05) is 26.1 Å². The molecule has 2 aliphatic rings. The summed E-state index contributed by atoms with van der Waals surface area (Å²) in [5.74, 6) is 0.108. The van der Waals surface area contributed by atoms with Crippen LogP contribution in [0.2, 0.25) is 0 Å². The molecule has 1 saturated carbocycles. The Morgan fingerprint density at radius 1 is 1.33 bits per heavy atom. The Morgan fingerprint density at radius 2 is 1.95 bits per heavy atom. The predicted molar refractivity (Wildman–Crippen MR) is 80.8 cm³/mol. The minimum absolute atomic E-state index is 0.00579. The zero-order chi connectivity index (χ0) is 15.7. The number of methoxy groups -OCH3 is 1. The van der Waals surface area contributed by atoms with Crippen LogP contribution in [0.5, 0.6) is 0 Å². The molecule has 2 rings (SSSR count). The number of hydrogen-bond acceptors (Lipinski definition) is 3. The minimum atomic E-state index is -0.640. The summed E-state index contributed by atoms with van der Waals surface area (Å²) in [7, 11) is 1.69. The highest BCUT2D eigenvalue weighted by Crippen LogP contribution is 2.34. The van der Waals surface area contributed by atoms with Gasteiger partial charge in [0.25, 0.3) is 0 Å². The second-order valence-electron chi connectivity index (χ2n) is 7.10. The molecule has 1 unspecified atom stereocenters. The van der Waals surface area contributed by atoms with Gasteiger partial charge < -0.3 is 15.0 Å². The molecule has 2 fully saturated rings.